The number of rotatable bonds is 6. The van der Waals surface area contributed by atoms with Crippen LogP contribution in [0.5, 0.6) is 0 Å². The van der Waals surface area contributed by atoms with E-state index in [1.165, 1.54) is 4.90 Å². The Labute approximate surface area is 195 Å². The van der Waals surface area contributed by atoms with E-state index in [2.05, 4.69) is 14.9 Å². The summed E-state index contributed by atoms with van der Waals surface area (Å²) in [6.45, 7) is 3.01. The molecule has 8 nitrogen and oxygen atoms in total. The highest BCUT2D eigenvalue weighted by molar-refractivity contribution is 6.21. The van der Waals surface area contributed by atoms with Crippen molar-refractivity contribution in [3.05, 3.63) is 76.3 Å². The minimum absolute atomic E-state index is 0.0919. The maximum absolute atomic E-state index is 12.7. The lowest BCUT2D eigenvalue weighted by Crippen LogP contribution is -2.32. The molecule has 2 aliphatic heterocycles. The summed E-state index contributed by atoms with van der Waals surface area (Å²) in [6, 6.07) is 15.1. The predicted octanol–water partition coefficient (Wildman–Crippen LogP) is 3.20. The molecule has 8 heteroatoms. The van der Waals surface area contributed by atoms with Crippen LogP contribution in [0.15, 0.2) is 59.5 Å². The molecule has 2 aromatic carbocycles. The molecular formula is C26H25N5O3. The van der Waals surface area contributed by atoms with Gasteiger partial charge in [0, 0.05) is 42.1 Å². The third kappa shape index (κ3) is 3.42. The fraction of sp³-hybridized carbons (Fsp3) is 0.308. The number of benzene rings is 2. The van der Waals surface area contributed by atoms with Gasteiger partial charge >= 0.3 is 5.69 Å². The zero-order valence-electron chi connectivity index (χ0n) is 18.7. The molecule has 34 heavy (non-hydrogen) atoms. The fourth-order valence-electron chi connectivity index (χ4n) is 5.27. The quantitative estimate of drug-likeness (QED) is 0.356. The molecule has 2 aliphatic rings. The minimum atomic E-state index is -0.225. The number of nitrogens with zero attached hydrogens (tertiary/aromatic N) is 4. The Bertz CT molecular complexity index is 1450. The third-order valence-electron chi connectivity index (χ3n) is 7.05. The van der Waals surface area contributed by atoms with Gasteiger partial charge in [0.05, 0.1) is 17.2 Å². The molecule has 0 bridgehead atoms. The molecule has 172 valence electrons. The number of amides is 2. The molecule has 1 unspecified atom stereocenters. The number of hydrogen-bond donors (Lipinski definition) is 1. The second kappa shape index (κ2) is 8.22. The van der Waals surface area contributed by atoms with E-state index in [1.54, 1.807) is 28.8 Å². The molecule has 1 saturated heterocycles. The second-order valence-corrected chi connectivity index (χ2v) is 9.12. The Hall–Kier alpha value is -3.78. The van der Waals surface area contributed by atoms with Gasteiger partial charge in [0.25, 0.3) is 11.8 Å². The molecule has 0 radical (unpaired) electrons. The SMILES string of the molecule is O=C1c2ccccc2C(=O)N1CCCCN1CCC(n2cc3c(nc2=O)[nH]c2ccccc23)C1. The van der Waals surface area contributed by atoms with Crippen molar-refractivity contribution in [2.24, 2.45) is 0 Å². The van der Waals surface area contributed by atoms with Gasteiger partial charge in [0.15, 0.2) is 0 Å². The van der Waals surface area contributed by atoms with Crippen LogP contribution in [0.2, 0.25) is 0 Å². The zero-order valence-corrected chi connectivity index (χ0v) is 18.7. The molecule has 6 rings (SSSR count). The number of carbonyl (C=O) groups excluding carboxylic acids is 2. The summed E-state index contributed by atoms with van der Waals surface area (Å²) in [5.74, 6) is -0.386. The zero-order chi connectivity index (χ0) is 23.2. The smallest absolute Gasteiger partial charge is 0.339 e. The van der Waals surface area contributed by atoms with Gasteiger partial charge in [-0.25, -0.2) is 4.79 Å². The number of fused-ring (bicyclic) bond motifs is 4. The molecular weight excluding hydrogens is 430 g/mol. The highest BCUT2D eigenvalue weighted by Crippen LogP contribution is 2.26. The van der Waals surface area contributed by atoms with E-state index in [-0.39, 0.29) is 23.5 Å². The van der Waals surface area contributed by atoms with Crippen LogP contribution in [0, 0.1) is 0 Å². The van der Waals surface area contributed by atoms with Crippen molar-refractivity contribution in [3.63, 3.8) is 0 Å². The van der Waals surface area contributed by atoms with Gasteiger partial charge in [-0.05, 0) is 44.0 Å². The van der Waals surface area contributed by atoms with E-state index < -0.39 is 0 Å². The van der Waals surface area contributed by atoms with E-state index in [9.17, 15) is 14.4 Å². The number of carbonyl (C=O) groups is 2. The topological polar surface area (TPSA) is 91.3 Å². The van der Waals surface area contributed by atoms with Crippen molar-refractivity contribution in [2.75, 3.05) is 26.2 Å². The molecule has 1 atom stereocenters. The van der Waals surface area contributed by atoms with Gasteiger partial charge in [-0.2, -0.15) is 4.98 Å². The summed E-state index contributed by atoms with van der Waals surface area (Å²) in [5, 5.41) is 2.04. The van der Waals surface area contributed by atoms with Crippen LogP contribution in [0.25, 0.3) is 21.9 Å². The number of hydrogen-bond acceptors (Lipinski definition) is 5. The van der Waals surface area contributed by atoms with E-state index in [0.29, 0.717) is 23.3 Å². The van der Waals surface area contributed by atoms with E-state index in [0.717, 1.165) is 55.2 Å². The predicted molar refractivity (Wildman–Crippen MR) is 129 cm³/mol. The van der Waals surface area contributed by atoms with Crippen molar-refractivity contribution >= 4 is 33.8 Å². The lowest BCUT2D eigenvalue weighted by Gasteiger charge is -2.18. The molecule has 0 saturated carbocycles. The molecule has 4 aromatic rings. The highest BCUT2D eigenvalue weighted by Gasteiger charge is 2.34. The molecule has 0 aliphatic carbocycles. The third-order valence-corrected chi connectivity index (χ3v) is 7.05. The standard InChI is InChI=1S/C26H25N5O3/c32-24-19-8-1-2-9-20(19)25(33)30(24)13-6-5-12-29-14-11-17(15-29)31-16-21-18-7-3-4-10-22(18)27-23(21)28-26(31)34/h1-4,7-10,16-17H,5-6,11-15H2,(H,27,28,34). The van der Waals surface area contributed by atoms with Crippen LogP contribution >= 0.6 is 0 Å². The van der Waals surface area contributed by atoms with Crippen molar-refractivity contribution in [2.45, 2.75) is 25.3 Å². The first kappa shape index (κ1) is 20.8. The number of likely N-dealkylation sites (tertiary alicyclic amines) is 1. The molecule has 2 amide bonds. The van der Waals surface area contributed by atoms with Crippen LogP contribution in [-0.2, 0) is 0 Å². The second-order valence-electron chi connectivity index (χ2n) is 9.12. The number of nitrogens with one attached hydrogen (secondary N) is 1. The minimum Gasteiger partial charge on any atom is -0.339 e. The lowest BCUT2D eigenvalue weighted by molar-refractivity contribution is 0.0650. The molecule has 2 aromatic heterocycles. The van der Waals surface area contributed by atoms with E-state index in [4.69, 9.17) is 0 Å². The molecule has 1 N–H and O–H groups in total. The summed E-state index contributed by atoms with van der Waals surface area (Å²) in [7, 11) is 0. The van der Waals surface area contributed by atoms with E-state index >= 15 is 0 Å². The number of aromatic nitrogens is 3. The Kier molecular flexibility index (Phi) is 5.03. The summed E-state index contributed by atoms with van der Waals surface area (Å²) in [5.41, 5.74) is 2.39. The number of imide groups is 1. The summed E-state index contributed by atoms with van der Waals surface area (Å²) < 4.78 is 1.78. The first-order valence-electron chi connectivity index (χ1n) is 11.8. The van der Waals surface area contributed by atoms with Gasteiger partial charge in [-0.1, -0.05) is 30.3 Å². The summed E-state index contributed by atoms with van der Waals surface area (Å²) >= 11 is 0. The normalized spacial score (nSPS) is 18.5. The van der Waals surface area contributed by atoms with Crippen LogP contribution < -0.4 is 5.69 Å². The monoisotopic (exact) mass is 455 g/mol. The Morgan fingerprint density at radius 1 is 0.882 bits per heavy atom. The van der Waals surface area contributed by atoms with Crippen molar-refractivity contribution < 1.29 is 9.59 Å². The molecule has 4 heterocycles. The Morgan fingerprint density at radius 2 is 1.59 bits per heavy atom. The van der Waals surface area contributed by atoms with Gasteiger partial charge in [-0.15, -0.1) is 0 Å². The van der Waals surface area contributed by atoms with Gasteiger partial charge in [-0.3, -0.25) is 19.1 Å². The lowest BCUT2D eigenvalue weighted by atomic mass is 10.1. The van der Waals surface area contributed by atoms with Gasteiger partial charge < -0.3 is 9.88 Å². The average molecular weight is 456 g/mol. The maximum Gasteiger partial charge on any atom is 0.349 e. The summed E-state index contributed by atoms with van der Waals surface area (Å²) in [6.07, 6.45) is 4.48. The maximum atomic E-state index is 12.7. The van der Waals surface area contributed by atoms with Crippen LogP contribution in [0.4, 0.5) is 0 Å². The highest BCUT2D eigenvalue weighted by atomic mass is 16.2. The number of unbranched alkanes of at least 4 members (excludes halogenated alkanes) is 1. The van der Waals surface area contributed by atoms with Crippen LogP contribution in [0.1, 0.15) is 46.0 Å². The average Bonchev–Trinajstić information content (AvgIpc) is 3.52. The number of para-hydroxylation sites is 1. The van der Waals surface area contributed by atoms with Gasteiger partial charge in [0.2, 0.25) is 0 Å². The summed E-state index contributed by atoms with van der Waals surface area (Å²) in [4.78, 5) is 48.9. The van der Waals surface area contributed by atoms with Crippen molar-refractivity contribution in [3.8, 4) is 0 Å². The molecule has 1 fully saturated rings. The first-order valence-corrected chi connectivity index (χ1v) is 11.8. The largest absolute Gasteiger partial charge is 0.349 e. The van der Waals surface area contributed by atoms with Crippen molar-refractivity contribution in [1.29, 1.82) is 0 Å². The first-order chi connectivity index (χ1) is 16.6. The Morgan fingerprint density at radius 3 is 2.38 bits per heavy atom. The van der Waals surface area contributed by atoms with Gasteiger partial charge in [0.1, 0.15) is 5.65 Å². The van der Waals surface area contributed by atoms with Crippen LogP contribution in [-0.4, -0.2) is 62.3 Å². The Balaban J connectivity index is 1.07. The fourth-order valence-corrected chi connectivity index (χ4v) is 5.27. The van der Waals surface area contributed by atoms with E-state index in [1.807, 2.05) is 30.5 Å². The van der Waals surface area contributed by atoms with Crippen molar-refractivity contribution in [1.82, 2.24) is 24.3 Å². The number of H-pyrrole nitrogens is 1. The van der Waals surface area contributed by atoms with Crippen LogP contribution in [0.3, 0.4) is 0 Å². The number of aromatic amines is 1. The molecule has 0 spiro atoms.